The molecule has 0 N–H and O–H groups in total. The van der Waals surface area contributed by atoms with Crippen LogP contribution in [0.1, 0.15) is 543 Å². The van der Waals surface area contributed by atoms with Crippen molar-refractivity contribution >= 4 is 25.8 Å². The highest BCUT2D eigenvalue weighted by Crippen LogP contribution is 2.54. The first-order valence-corrected chi connectivity index (χ1v) is 58.8. The molecule has 0 bridgehead atoms. The molecule has 12 heteroatoms. The van der Waals surface area contributed by atoms with Gasteiger partial charge in [-0.2, -0.15) is 0 Å². The molecule has 4 unspecified atom stereocenters. The Labute approximate surface area is 823 Å². The van der Waals surface area contributed by atoms with Crippen molar-refractivity contribution in [1.82, 2.24) is 0 Å². The maximum absolute atomic E-state index is 7.47. The Morgan fingerprint density at radius 1 is 0.233 bits per heavy atom. The van der Waals surface area contributed by atoms with E-state index in [0.29, 0.717) is 19.8 Å². The van der Waals surface area contributed by atoms with Crippen molar-refractivity contribution in [2.24, 2.45) is 0 Å². The molecule has 0 fully saturated rings. The molecule has 6 aromatic rings. The van der Waals surface area contributed by atoms with Gasteiger partial charge in [0.15, 0.2) is 0 Å². The van der Waals surface area contributed by atoms with E-state index >= 15 is 0 Å². The largest absolute Gasteiger partial charge is 0.463 e. The SMILES string of the molecule is CCCCCCCCCCCCCCOP(Oc1ccccc1CCCCCCCC)Oc1cc(C)c(C(C)CC(c2cc(C(C)(C)C)c(OP(OCCCCCCCCCCCCCC)Oc3ccccc3CCCCCCCC)cc2C)c2cc(C(C)(C)C)c(OP(OCCCCCCCCCCCCCC)Oc3ccccc3CCCCCCCC)cc2C)cc1C(C)(C)C. The predicted molar refractivity (Wildman–Crippen MR) is 581 cm³/mol. The van der Waals surface area contributed by atoms with Crippen molar-refractivity contribution in [1.29, 1.82) is 0 Å². The van der Waals surface area contributed by atoms with Crippen molar-refractivity contribution in [2.45, 2.75) is 532 Å². The number of hydrogen-bond acceptors (Lipinski definition) is 9. The topological polar surface area (TPSA) is 83.1 Å². The molecule has 133 heavy (non-hydrogen) atoms. The molecule has 0 heterocycles. The fourth-order valence-electron chi connectivity index (χ4n) is 18.9. The number of para-hydroxylation sites is 3. The fourth-order valence-corrected chi connectivity index (χ4v) is 22.1. The third-order valence-electron chi connectivity index (χ3n) is 27.3. The standard InChI is InChI=1S/C121H199O9P3/c1-20-26-32-38-44-47-50-53-56-59-65-77-89-122-131(125-113-86-74-71-83-103(113)80-68-62-41-35-29-23-4)128-116-93-100(8)106(96-110(116)119(11,12)13)99(7)92-109(107-97-111(120(14,15)16)117(94-101(107)9)129-132(123-90-78-66-60-57-54-51-48-45-39-33-27-21-2)126-114-87-75-72-84-104(114)81-69-63-42-36-30-24-5)108-98-112(121(17,18)19)118(95-102(108)10)130-133(124-91-79-67-61-58-55-52-49-46-40-34-28-22-3)127-115-88-76-73-85-105(115)82-70-64-43-37-31-25-6/h71-76,83-88,93-99,109H,20-70,77-82,89-92H2,1-19H3. The van der Waals surface area contributed by atoms with Crippen LogP contribution in [0.4, 0.5) is 0 Å². The van der Waals surface area contributed by atoms with Gasteiger partial charge in [0.05, 0.1) is 19.8 Å². The zero-order valence-electron chi connectivity index (χ0n) is 89.2. The molecule has 0 aromatic heterocycles. The molecule has 0 saturated carbocycles. The number of hydrogen-bond donors (Lipinski definition) is 0. The summed E-state index contributed by atoms with van der Waals surface area (Å²) in [7, 11) is -5.57. The Bertz CT molecular complexity index is 3780. The van der Waals surface area contributed by atoms with E-state index in [1.165, 1.54) is 339 Å². The van der Waals surface area contributed by atoms with E-state index in [2.05, 4.69) is 241 Å². The molecule has 4 atom stereocenters. The van der Waals surface area contributed by atoms with Gasteiger partial charge in [-0.15, -0.1) is 0 Å². The second-order valence-corrected chi connectivity index (χ2v) is 46.0. The summed E-state index contributed by atoms with van der Waals surface area (Å²) in [5.41, 5.74) is 13.5. The normalized spacial score (nSPS) is 13.2. The second kappa shape index (κ2) is 70.0. The van der Waals surface area contributed by atoms with Gasteiger partial charge in [0.2, 0.25) is 0 Å². The smallest absolute Gasteiger partial charge is 0.417 e. The lowest BCUT2D eigenvalue weighted by Gasteiger charge is -2.33. The third kappa shape index (κ3) is 48.3. The molecule has 0 aliphatic rings. The lowest BCUT2D eigenvalue weighted by Crippen LogP contribution is -2.19. The maximum Gasteiger partial charge on any atom is 0.463 e. The Morgan fingerprint density at radius 2 is 0.429 bits per heavy atom. The monoisotopic (exact) mass is 1890 g/mol. The van der Waals surface area contributed by atoms with Crippen molar-refractivity contribution < 1.29 is 40.7 Å². The van der Waals surface area contributed by atoms with Gasteiger partial charge in [-0.25, -0.2) is 0 Å². The minimum absolute atomic E-state index is 0.0772. The van der Waals surface area contributed by atoms with Crippen LogP contribution in [0.2, 0.25) is 0 Å². The lowest BCUT2D eigenvalue weighted by atomic mass is 9.74. The molecule has 6 rings (SSSR count). The highest BCUT2D eigenvalue weighted by Gasteiger charge is 2.35. The summed E-state index contributed by atoms with van der Waals surface area (Å²) in [4.78, 5) is 0. The molecule has 0 spiro atoms. The van der Waals surface area contributed by atoms with Crippen LogP contribution in [-0.2, 0) is 49.1 Å². The quantitative estimate of drug-likeness (QED) is 0.0274. The van der Waals surface area contributed by atoms with Crippen molar-refractivity contribution in [3.05, 3.63) is 176 Å². The van der Waals surface area contributed by atoms with E-state index in [4.69, 9.17) is 40.7 Å². The van der Waals surface area contributed by atoms with E-state index in [0.717, 1.165) is 135 Å². The van der Waals surface area contributed by atoms with Gasteiger partial charge in [-0.05, 0) is 194 Å². The number of benzene rings is 6. The van der Waals surface area contributed by atoms with E-state index in [-0.39, 0.29) is 28.1 Å². The predicted octanol–water partition coefficient (Wildman–Crippen LogP) is 41.7. The molecule has 0 saturated heterocycles. The Morgan fingerprint density at radius 3 is 0.662 bits per heavy atom. The van der Waals surface area contributed by atoms with Crippen LogP contribution in [0.25, 0.3) is 0 Å². The van der Waals surface area contributed by atoms with E-state index in [1.807, 2.05) is 0 Å². The molecule has 6 aromatic carbocycles. The summed E-state index contributed by atoms with van der Waals surface area (Å²) in [5.74, 6) is 5.07. The van der Waals surface area contributed by atoms with Gasteiger partial charge in [0.25, 0.3) is 0 Å². The lowest BCUT2D eigenvalue weighted by molar-refractivity contribution is 0.255. The number of unbranched alkanes of at least 4 members (excludes halogenated alkanes) is 48. The zero-order valence-corrected chi connectivity index (χ0v) is 91.9. The highest BCUT2D eigenvalue weighted by molar-refractivity contribution is 7.43. The molecule has 9 nitrogen and oxygen atoms in total. The first kappa shape index (κ1) is 117. The molecule has 752 valence electrons. The van der Waals surface area contributed by atoms with Crippen molar-refractivity contribution in [2.75, 3.05) is 19.8 Å². The van der Waals surface area contributed by atoms with Crippen LogP contribution in [0.5, 0.6) is 34.5 Å². The molecule has 0 amide bonds. The van der Waals surface area contributed by atoms with E-state index in [1.54, 1.807) is 0 Å². The summed E-state index contributed by atoms with van der Waals surface area (Å²) >= 11 is 0. The first-order valence-electron chi connectivity index (χ1n) is 55.5. The molecular formula is C121H199O9P3. The van der Waals surface area contributed by atoms with Crippen LogP contribution in [-0.4, -0.2) is 19.8 Å². The fraction of sp³-hybridized carbons (Fsp3) is 0.702. The summed E-state index contributed by atoms with van der Waals surface area (Å²) in [6.07, 6.45) is 72.3. The van der Waals surface area contributed by atoms with Crippen molar-refractivity contribution in [3.8, 4) is 34.5 Å². The van der Waals surface area contributed by atoms with Gasteiger partial charge in [0.1, 0.15) is 34.5 Å². The zero-order chi connectivity index (χ0) is 96.0. The van der Waals surface area contributed by atoms with Crippen molar-refractivity contribution in [3.63, 3.8) is 0 Å². The van der Waals surface area contributed by atoms with E-state index < -0.39 is 25.8 Å². The van der Waals surface area contributed by atoms with Gasteiger partial charge in [-0.3, -0.25) is 13.6 Å². The first-order chi connectivity index (χ1) is 64.4. The van der Waals surface area contributed by atoms with Crippen LogP contribution < -0.4 is 27.1 Å². The summed E-state index contributed by atoms with van der Waals surface area (Å²) in [6.45, 7) is 46.0. The molecular weight excluding hydrogens is 1690 g/mol. The van der Waals surface area contributed by atoms with Gasteiger partial charge in [0, 0.05) is 22.6 Å². The number of rotatable bonds is 80. The van der Waals surface area contributed by atoms with Crippen LogP contribution in [0, 0.1) is 20.8 Å². The Balaban J connectivity index is 1.46. The van der Waals surface area contributed by atoms with Gasteiger partial charge >= 0.3 is 25.8 Å². The molecule has 0 radical (unpaired) electrons. The molecule has 0 aliphatic carbocycles. The van der Waals surface area contributed by atoms with Gasteiger partial charge < -0.3 is 27.1 Å². The Kier molecular flexibility index (Phi) is 61.6. The number of aryl methyl sites for hydroxylation is 6. The van der Waals surface area contributed by atoms with Crippen LogP contribution in [0.15, 0.2) is 109 Å². The maximum atomic E-state index is 7.47. The minimum atomic E-state index is -1.87. The third-order valence-corrected chi connectivity index (χ3v) is 30.6. The summed E-state index contributed by atoms with van der Waals surface area (Å²) in [5, 5.41) is 0. The van der Waals surface area contributed by atoms with Gasteiger partial charge in [-0.1, -0.05) is 492 Å². The average Bonchev–Trinajstić information content (AvgIpc) is 0.758. The van der Waals surface area contributed by atoms with Crippen LogP contribution >= 0.6 is 25.8 Å². The van der Waals surface area contributed by atoms with E-state index in [9.17, 15) is 0 Å². The van der Waals surface area contributed by atoms with Crippen LogP contribution in [0.3, 0.4) is 0 Å². The average molecular weight is 1890 g/mol. The Hall–Kier alpha value is -4.71. The highest BCUT2D eigenvalue weighted by atomic mass is 31.2. The minimum Gasteiger partial charge on any atom is -0.417 e. The molecule has 0 aliphatic heterocycles. The second-order valence-electron chi connectivity index (χ2n) is 42.8. The summed E-state index contributed by atoms with van der Waals surface area (Å²) in [6, 6.07) is 40.5. The summed E-state index contributed by atoms with van der Waals surface area (Å²) < 4.78 is 64.8.